The van der Waals surface area contributed by atoms with E-state index < -0.39 is 0 Å². The highest BCUT2D eigenvalue weighted by atomic mass is 16.2. The Morgan fingerprint density at radius 1 is 0.792 bits per heavy atom. The van der Waals surface area contributed by atoms with Crippen LogP contribution in [0.25, 0.3) is 0 Å². The molecule has 0 bridgehead atoms. The third-order valence-electron chi connectivity index (χ3n) is 4.39. The molecule has 2 rings (SSSR count). The third-order valence-corrected chi connectivity index (χ3v) is 4.39. The second kappa shape index (κ2) is 9.24. The van der Waals surface area contributed by atoms with Gasteiger partial charge in [0.15, 0.2) is 0 Å². The maximum absolute atomic E-state index is 12.8. The van der Waals surface area contributed by atoms with Crippen molar-refractivity contribution in [3.63, 3.8) is 0 Å². The van der Waals surface area contributed by atoms with Crippen LogP contribution in [0.1, 0.15) is 42.3 Å². The van der Waals surface area contributed by atoms with Crippen molar-refractivity contribution in [2.45, 2.75) is 33.9 Å². The molecule has 0 N–H and O–H groups in total. The Hall–Kier alpha value is -2.13. The van der Waals surface area contributed by atoms with Gasteiger partial charge in [-0.15, -0.1) is 0 Å². The molecule has 3 heteroatoms. The minimum Gasteiger partial charge on any atom is -0.339 e. The van der Waals surface area contributed by atoms with Crippen LogP contribution in [-0.4, -0.2) is 35.3 Å². The summed E-state index contributed by atoms with van der Waals surface area (Å²) in [6.45, 7) is 10.3. The molecule has 2 aromatic carbocycles. The van der Waals surface area contributed by atoms with Crippen LogP contribution in [0.3, 0.4) is 0 Å². The summed E-state index contributed by atoms with van der Waals surface area (Å²) < 4.78 is 0. The lowest BCUT2D eigenvalue weighted by Gasteiger charge is -2.24. The van der Waals surface area contributed by atoms with E-state index in [1.54, 1.807) is 0 Å². The van der Waals surface area contributed by atoms with E-state index in [0.29, 0.717) is 0 Å². The van der Waals surface area contributed by atoms with Crippen LogP contribution in [0.5, 0.6) is 0 Å². The zero-order valence-electron chi connectivity index (χ0n) is 15.0. The molecule has 0 heterocycles. The topological polar surface area (TPSA) is 23.6 Å². The highest BCUT2D eigenvalue weighted by molar-refractivity contribution is 5.95. The zero-order valence-corrected chi connectivity index (χ0v) is 15.0. The van der Waals surface area contributed by atoms with Gasteiger partial charge in [0.05, 0.1) is 0 Å². The van der Waals surface area contributed by atoms with E-state index in [0.717, 1.165) is 43.9 Å². The SMILES string of the molecule is CCN(Cc1ccccc1)Cc1ccccc1C(=O)N(CC)CC. The second-order valence-electron chi connectivity index (χ2n) is 5.92. The highest BCUT2D eigenvalue weighted by Gasteiger charge is 2.17. The molecule has 0 aliphatic carbocycles. The lowest BCUT2D eigenvalue weighted by Crippen LogP contribution is -2.32. The number of hydrogen-bond donors (Lipinski definition) is 0. The average Bonchev–Trinajstić information content (AvgIpc) is 2.63. The molecule has 0 aliphatic heterocycles. The van der Waals surface area contributed by atoms with Gasteiger partial charge in [-0.2, -0.15) is 0 Å². The van der Waals surface area contributed by atoms with Gasteiger partial charge in [-0.05, 0) is 37.6 Å². The summed E-state index contributed by atoms with van der Waals surface area (Å²) in [5.41, 5.74) is 3.23. The van der Waals surface area contributed by atoms with Gasteiger partial charge < -0.3 is 4.90 Å². The summed E-state index contributed by atoms with van der Waals surface area (Å²) in [6.07, 6.45) is 0. The molecule has 0 atom stereocenters. The zero-order chi connectivity index (χ0) is 17.4. The molecule has 0 saturated carbocycles. The molecule has 24 heavy (non-hydrogen) atoms. The smallest absolute Gasteiger partial charge is 0.254 e. The monoisotopic (exact) mass is 324 g/mol. The first-order valence-electron chi connectivity index (χ1n) is 8.83. The van der Waals surface area contributed by atoms with Crippen molar-refractivity contribution in [2.24, 2.45) is 0 Å². The Kier molecular flexibility index (Phi) is 7.01. The fourth-order valence-corrected chi connectivity index (χ4v) is 2.91. The summed E-state index contributed by atoms with van der Waals surface area (Å²) in [5.74, 6) is 0.131. The number of rotatable bonds is 8. The Labute approximate surface area is 145 Å². The van der Waals surface area contributed by atoms with Crippen molar-refractivity contribution in [1.29, 1.82) is 0 Å². The summed E-state index contributed by atoms with van der Waals surface area (Å²) in [5, 5.41) is 0. The lowest BCUT2D eigenvalue weighted by molar-refractivity contribution is 0.0770. The van der Waals surface area contributed by atoms with Crippen LogP contribution in [0, 0.1) is 0 Å². The average molecular weight is 324 g/mol. The summed E-state index contributed by atoms with van der Waals surface area (Å²) >= 11 is 0. The number of carbonyl (C=O) groups is 1. The second-order valence-corrected chi connectivity index (χ2v) is 5.92. The predicted molar refractivity (Wildman–Crippen MR) is 99.9 cm³/mol. The van der Waals surface area contributed by atoms with Crippen molar-refractivity contribution in [2.75, 3.05) is 19.6 Å². The van der Waals surface area contributed by atoms with Gasteiger partial charge in [0, 0.05) is 31.7 Å². The predicted octanol–water partition coefficient (Wildman–Crippen LogP) is 4.19. The van der Waals surface area contributed by atoms with E-state index >= 15 is 0 Å². The molecule has 1 amide bonds. The number of nitrogens with zero attached hydrogens (tertiary/aromatic N) is 2. The highest BCUT2D eigenvalue weighted by Crippen LogP contribution is 2.16. The van der Waals surface area contributed by atoms with Gasteiger partial charge in [-0.3, -0.25) is 9.69 Å². The summed E-state index contributed by atoms with van der Waals surface area (Å²) in [7, 11) is 0. The van der Waals surface area contributed by atoms with E-state index in [4.69, 9.17) is 0 Å². The number of amides is 1. The fourth-order valence-electron chi connectivity index (χ4n) is 2.91. The maximum Gasteiger partial charge on any atom is 0.254 e. The van der Waals surface area contributed by atoms with Gasteiger partial charge in [0.1, 0.15) is 0 Å². The van der Waals surface area contributed by atoms with E-state index in [-0.39, 0.29) is 5.91 Å². The molecule has 3 nitrogen and oxygen atoms in total. The first-order valence-corrected chi connectivity index (χ1v) is 8.83. The number of benzene rings is 2. The molecular weight excluding hydrogens is 296 g/mol. The normalized spacial score (nSPS) is 10.8. The van der Waals surface area contributed by atoms with Crippen LogP contribution in [0.2, 0.25) is 0 Å². The van der Waals surface area contributed by atoms with Crippen LogP contribution >= 0.6 is 0 Å². The minimum atomic E-state index is 0.131. The lowest BCUT2D eigenvalue weighted by atomic mass is 10.0. The maximum atomic E-state index is 12.8. The molecule has 0 unspecified atom stereocenters. The summed E-state index contributed by atoms with van der Waals surface area (Å²) in [6, 6.07) is 18.5. The van der Waals surface area contributed by atoms with Crippen LogP contribution in [0.15, 0.2) is 54.6 Å². The number of hydrogen-bond acceptors (Lipinski definition) is 2. The van der Waals surface area contributed by atoms with Crippen LogP contribution < -0.4 is 0 Å². The molecule has 0 spiro atoms. The fraction of sp³-hybridized carbons (Fsp3) is 0.381. The summed E-state index contributed by atoms with van der Waals surface area (Å²) in [4.78, 5) is 17.0. The van der Waals surface area contributed by atoms with Crippen LogP contribution in [0.4, 0.5) is 0 Å². The first kappa shape index (κ1) is 18.2. The van der Waals surface area contributed by atoms with Gasteiger partial charge >= 0.3 is 0 Å². The Bertz CT molecular complexity index is 635. The van der Waals surface area contributed by atoms with Crippen molar-refractivity contribution >= 4 is 5.91 Å². The molecule has 128 valence electrons. The van der Waals surface area contributed by atoms with Gasteiger partial charge in [-0.1, -0.05) is 55.5 Å². The molecule has 0 fully saturated rings. The Morgan fingerprint density at radius 3 is 2.04 bits per heavy atom. The first-order chi connectivity index (χ1) is 11.7. The van der Waals surface area contributed by atoms with Crippen molar-refractivity contribution in [3.8, 4) is 0 Å². The largest absolute Gasteiger partial charge is 0.339 e. The quantitative estimate of drug-likeness (QED) is 0.727. The van der Waals surface area contributed by atoms with Gasteiger partial charge in [0.2, 0.25) is 0 Å². The van der Waals surface area contributed by atoms with Crippen molar-refractivity contribution in [3.05, 3.63) is 71.3 Å². The third kappa shape index (κ3) is 4.68. The minimum absolute atomic E-state index is 0.131. The molecule has 0 aromatic heterocycles. The van der Waals surface area contributed by atoms with E-state index in [1.807, 2.05) is 43.0 Å². The van der Waals surface area contributed by atoms with E-state index in [2.05, 4.69) is 42.2 Å². The standard InChI is InChI=1S/C21H28N2O/c1-4-22(16-18-12-8-7-9-13-18)17-19-14-10-11-15-20(19)21(24)23(5-2)6-3/h7-15H,4-6,16-17H2,1-3H3. The number of carbonyl (C=O) groups excluding carboxylic acids is 1. The molecule has 0 aliphatic rings. The Balaban J connectivity index is 2.17. The Morgan fingerprint density at radius 2 is 1.42 bits per heavy atom. The van der Waals surface area contributed by atoms with E-state index in [1.165, 1.54) is 5.56 Å². The molecule has 0 saturated heterocycles. The molecular formula is C21H28N2O. The van der Waals surface area contributed by atoms with Gasteiger partial charge in [-0.25, -0.2) is 0 Å². The van der Waals surface area contributed by atoms with Gasteiger partial charge in [0.25, 0.3) is 5.91 Å². The molecule has 0 radical (unpaired) electrons. The van der Waals surface area contributed by atoms with Crippen molar-refractivity contribution in [1.82, 2.24) is 9.80 Å². The van der Waals surface area contributed by atoms with Crippen molar-refractivity contribution < 1.29 is 4.79 Å². The van der Waals surface area contributed by atoms with E-state index in [9.17, 15) is 4.79 Å². The molecule has 2 aromatic rings. The van der Waals surface area contributed by atoms with Crippen LogP contribution in [-0.2, 0) is 13.1 Å².